The van der Waals surface area contributed by atoms with E-state index >= 15 is 0 Å². The highest BCUT2D eigenvalue weighted by molar-refractivity contribution is 9.10. The van der Waals surface area contributed by atoms with Crippen molar-refractivity contribution in [2.75, 3.05) is 6.61 Å². The van der Waals surface area contributed by atoms with E-state index in [2.05, 4.69) is 20.9 Å². The number of carbonyl (C=O) groups is 1. The van der Waals surface area contributed by atoms with E-state index in [1.165, 1.54) is 28.0 Å². The average Bonchev–Trinajstić information content (AvgIpc) is 3.22. The van der Waals surface area contributed by atoms with Crippen LogP contribution < -0.4 is 19.6 Å². The lowest BCUT2D eigenvalue weighted by atomic mass is 9.96. The Morgan fingerprint density at radius 2 is 1.87 bits per heavy atom. The Morgan fingerprint density at radius 3 is 2.56 bits per heavy atom. The zero-order valence-electron chi connectivity index (χ0n) is 21.2. The van der Waals surface area contributed by atoms with E-state index in [0.29, 0.717) is 33.0 Å². The fourth-order valence-electron chi connectivity index (χ4n) is 4.36. The zero-order valence-corrected chi connectivity index (χ0v) is 23.6. The molecule has 0 N–H and O–H groups in total. The summed E-state index contributed by atoms with van der Waals surface area (Å²) in [7, 11) is 0. The van der Waals surface area contributed by atoms with Gasteiger partial charge >= 0.3 is 5.97 Å². The molecule has 0 amide bonds. The summed E-state index contributed by atoms with van der Waals surface area (Å²) in [6.07, 6.45) is 1.78. The van der Waals surface area contributed by atoms with Crippen molar-refractivity contribution in [2.24, 2.45) is 4.99 Å². The second kappa shape index (κ2) is 11.5. The minimum atomic E-state index is -0.788. The van der Waals surface area contributed by atoms with E-state index in [1.807, 2.05) is 48.5 Å². The summed E-state index contributed by atoms with van der Waals surface area (Å²) in [6.45, 7) is 4.04. The summed E-state index contributed by atoms with van der Waals surface area (Å²) in [4.78, 5) is 31.7. The third kappa shape index (κ3) is 5.65. The summed E-state index contributed by atoms with van der Waals surface area (Å²) < 4.78 is 27.6. The molecule has 0 saturated heterocycles. The molecule has 5 rings (SSSR count). The molecule has 9 heteroatoms. The van der Waals surface area contributed by atoms with E-state index in [0.717, 1.165) is 15.6 Å². The first-order valence-electron chi connectivity index (χ1n) is 12.3. The van der Waals surface area contributed by atoms with Gasteiger partial charge in [-0.25, -0.2) is 14.2 Å². The molecular formula is C30H24BrFN2O4S. The van der Waals surface area contributed by atoms with Gasteiger partial charge in [0, 0.05) is 0 Å². The summed E-state index contributed by atoms with van der Waals surface area (Å²) in [6, 6.07) is 20.4. The molecule has 1 aliphatic heterocycles. The Balaban J connectivity index is 1.53. The minimum absolute atomic E-state index is 0.177. The van der Waals surface area contributed by atoms with Crippen molar-refractivity contribution in [3.8, 4) is 5.75 Å². The number of hydrogen-bond acceptors (Lipinski definition) is 6. The first-order chi connectivity index (χ1) is 18.9. The van der Waals surface area contributed by atoms with Crippen molar-refractivity contribution in [3.63, 3.8) is 0 Å². The van der Waals surface area contributed by atoms with Crippen LogP contribution in [-0.4, -0.2) is 17.1 Å². The Bertz CT molecular complexity index is 1740. The lowest BCUT2D eigenvalue weighted by Gasteiger charge is -2.24. The molecular weight excluding hydrogens is 583 g/mol. The maximum Gasteiger partial charge on any atom is 0.338 e. The van der Waals surface area contributed by atoms with Crippen LogP contribution in [0.15, 0.2) is 98.3 Å². The van der Waals surface area contributed by atoms with Crippen LogP contribution in [-0.2, 0) is 16.1 Å². The molecule has 0 aliphatic carbocycles. The quantitative estimate of drug-likeness (QED) is 0.268. The molecule has 1 atom stereocenters. The fourth-order valence-corrected chi connectivity index (χ4v) is 5.92. The van der Waals surface area contributed by atoms with Gasteiger partial charge in [-0.05, 0) is 76.8 Å². The average molecular weight is 608 g/mol. The normalized spacial score (nSPS) is 15.1. The standard InChI is InChI=1S/C30H24BrFN2O4S/c1-3-37-29(36)26-18(2)33-30-34(27(26)21-10-12-22(32)13-11-21)28(35)25(39-30)16-20-9-14-24(23(31)15-20)38-17-19-7-5-4-6-8-19/h4-16,27H,3,17H2,1-2H3/b25-16-/t27-/m0/s1. The van der Waals surface area contributed by atoms with Crippen molar-refractivity contribution >= 4 is 39.3 Å². The van der Waals surface area contributed by atoms with Gasteiger partial charge in [-0.1, -0.05) is 59.9 Å². The van der Waals surface area contributed by atoms with Crippen molar-refractivity contribution in [1.82, 2.24) is 4.57 Å². The molecule has 0 fully saturated rings. The number of carbonyl (C=O) groups excluding carboxylic acids is 1. The third-order valence-electron chi connectivity index (χ3n) is 6.19. The van der Waals surface area contributed by atoms with Crippen LogP contribution in [0.25, 0.3) is 6.08 Å². The van der Waals surface area contributed by atoms with Crippen LogP contribution in [0.1, 0.15) is 36.6 Å². The highest BCUT2D eigenvalue weighted by atomic mass is 79.9. The predicted molar refractivity (Wildman–Crippen MR) is 152 cm³/mol. The first kappa shape index (κ1) is 26.8. The van der Waals surface area contributed by atoms with Gasteiger partial charge in [0.2, 0.25) is 0 Å². The van der Waals surface area contributed by atoms with E-state index in [1.54, 1.807) is 32.1 Å². The van der Waals surface area contributed by atoms with Crippen LogP contribution in [0.5, 0.6) is 5.75 Å². The smallest absolute Gasteiger partial charge is 0.338 e. The molecule has 6 nitrogen and oxygen atoms in total. The molecule has 0 saturated carbocycles. The maximum atomic E-state index is 13.7. The fraction of sp³-hybridized carbons (Fsp3) is 0.167. The van der Waals surface area contributed by atoms with Gasteiger partial charge in [0.15, 0.2) is 4.80 Å². The lowest BCUT2D eigenvalue weighted by molar-refractivity contribution is -0.139. The summed E-state index contributed by atoms with van der Waals surface area (Å²) >= 11 is 4.80. The minimum Gasteiger partial charge on any atom is -0.488 e. The molecule has 0 unspecified atom stereocenters. The number of fused-ring (bicyclic) bond motifs is 1. The van der Waals surface area contributed by atoms with Crippen molar-refractivity contribution in [1.29, 1.82) is 0 Å². The van der Waals surface area contributed by atoms with Crippen LogP contribution in [0, 0.1) is 5.82 Å². The SMILES string of the molecule is CCOC(=O)C1=C(C)N=c2s/c(=C\c3ccc(OCc4ccccc4)c(Br)c3)c(=O)n2[C@H]1c1ccc(F)cc1. The van der Waals surface area contributed by atoms with Crippen molar-refractivity contribution in [2.45, 2.75) is 26.5 Å². The highest BCUT2D eigenvalue weighted by Crippen LogP contribution is 2.31. The van der Waals surface area contributed by atoms with Crippen LogP contribution >= 0.6 is 27.3 Å². The second-order valence-corrected chi connectivity index (χ2v) is 10.7. The van der Waals surface area contributed by atoms with Gasteiger partial charge in [-0.3, -0.25) is 9.36 Å². The van der Waals surface area contributed by atoms with Gasteiger partial charge in [-0.15, -0.1) is 0 Å². The molecule has 4 aromatic rings. The predicted octanol–water partition coefficient (Wildman–Crippen LogP) is 5.28. The Labute approximate surface area is 236 Å². The van der Waals surface area contributed by atoms with E-state index in [9.17, 15) is 14.0 Å². The first-order valence-corrected chi connectivity index (χ1v) is 13.9. The lowest BCUT2D eigenvalue weighted by Crippen LogP contribution is -2.39. The van der Waals surface area contributed by atoms with Gasteiger partial charge in [0.25, 0.3) is 5.56 Å². The van der Waals surface area contributed by atoms with E-state index < -0.39 is 17.8 Å². The topological polar surface area (TPSA) is 69.9 Å². The molecule has 0 bridgehead atoms. The zero-order chi connectivity index (χ0) is 27.5. The van der Waals surface area contributed by atoms with Gasteiger partial charge < -0.3 is 9.47 Å². The van der Waals surface area contributed by atoms with E-state index in [-0.39, 0.29) is 17.7 Å². The number of allylic oxidation sites excluding steroid dienone is 1. The summed E-state index contributed by atoms with van der Waals surface area (Å²) in [5, 5.41) is 0. The number of nitrogens with zero attached hydrogens (tertiary/aromatic N) is 2. The van der Waals surface area contributed by atoms with Crippen LogP contribution in [0.2, 0.25) is 0 Å². The summed E-state index contributed by atoms with van der Waals surface area (Å²) in [5.74, 6) is -0.285. The van der Waals surface area contributed by atoms with Gasteiger partial charge in [0.1, 0.15) is 18.2 Å². The molecule has 0 radical (unpaired) electrons. The number of benzene rings is 3. The number of rotatable bonds is 7. The molecule has 1 aromatic heterocycles. The molecule has 2 heterocycles. The van der Waals surface area contributed by atoms with Crippen LogP contribution in [0.4, 0.5) is 4.39 Å². The number of hydrogen-bond donors (Lipinski definition) is 0. The molecule has 198 valence electrons. The molecule has 0 spiro atoms. The number of ether oxygens (including phenoxy) is 2. The molecule has 39 heavy (non-hydrogen) atoms. The largest absolute Gasteiger partial charge is 0.488 e. The Kier molecular flexibility index (Phi) is 7.90. The van der Waals surface area contributed by atoms with E-state index in [4.69, 9.17) is 9.47 Å². The Morgan fingerprint density at radius 1 is 1.13 bits per heavy atom. The molecule has 3 aromatic carbocycles. The monoisotopic (exact) mass is 606 g/mol. The summed E-state index contributed by atoms with van der Waals surface area (Å²) in [5.41, 5.74) is 2.84. The number of halogens is 2. The van der Waals surface area contributed by atoms with Crippen LogP contribution in [0.3, 0.4) is 0 Å². The number of esters is 1. The number of aromatic nitrogens is 1. The molecule has 1 aliphatic rings. The van der Waals surface area contributed by atoms with Crippen molar-refractivity contribution in [3.05, 3.63) is 131 Å². The van der Waals surface area contributed by atoms with Gasteiger partial charge in [0.05, 0.1) is 32.9 Å². The number of thiazole rings is 1. The Hall–Kier alpha value is -3.82. The third-order valence-corrected chi connectivity index (χ3v) is 7.80. The van der Waals surface area contributed by atoms with Gasteiger partial charge in [-0.2, -0.15) is 0 Å². The highest BCUT2D eigenvalue weighted by Gasteiger charge is 2.33. The second-order valence-electron chi connectivity index (χ2n) is 8.82. The maximum absolute atomic E-state index is 13.7. The van der Waals surface area contributed by atoms with Crippen molar-refractivity contribution < 1.29 is 18.7 Å².